The predicted octanol–water partition coefficient (Wildman–Crippen LogP) is 3.50. The summed E-state index contributed by atoms with van der Waals surface area (Å²) in [6, 6.07) is 5.31. The molecule has 0 aliphatic heterocycles. The van der Waals surface area contributed by atoms with Gasteiger partial charge < -0.3 is 9.84 Å². The van der Waals surface area contributed by atoms with E-state index >= 15 is 0 Å². The van der Waals surface area contributed by atoms with Gasteiger partial charge in [-0.25, -0.2) is 0 Å². The molecule has 1 atom stereocenters. The molecule has 0 heterocycles. The number of carboxylic acid groups (broad SMARTS) is 1. The summed E-state index contributed by atoms with van der Waals surface area (Å²) in [5.41, 5.74) is -0.892. The molecule has 0 aliphatic carbocycles. The molecule has 24 heavy (non-hydrogen) atoms. The molecule has 1 aromatic rings. The summed E-state index contributed by atoms with van der Waals surface area (Å²) >= 11 is 2.15. The van der Waals surface area contributed by atoms with E-state index < -0.39 is 35.2 Å². The molecular weight excluding hydrogens is 423 g/mol. The van der Waals surface area contributed by atoms with Crippen molar-refractivity contribution in [3.05, 3.63) is 32.9 Å². The molecule has 1 rings (SSSR count). The Morgan fingerprint density at radius 2 is 1.75 bits per heavy atom. The fraction of sp³-hybridized carbons (Fsp3) is 0.500. The molecule has 5 nitrogen and oxygen atoms in total. The Morgan fingerprint density at radius 3 is 2.17 bits per heavy atom. The molecule has 0 amide bonds. The first-order valence-electron chi connectivity index (χ1n) is 7.69. The molecule has 0 aromatic heterocycles. The second kappa shape index (κ2) is 7.63. The van der Waals surface area contributed by atoms with Crippen molar-refractivity contribution in [2.24, 2.45) is 0 Å². The third-order valence-corrected chi connectivity index (χ3v) is 4.69. The fourth-order valence-corrected chi connectivity index (χ4v) is 3.13. The van der Waals surface area contributed by atoms with Crippen LogP contribution < -0.4 is 0 Å². The third-order valence-electron chi connectivity index (χ3n) is 3.69. The molecule has 0 saturated heterocycles. The van der Waals surface area contributed by atoms with E-state index in [0.29, 0.717) is 5.56 Å². The highest BCUT2D eigenvalue weighted by molar-refractivity contribution is 14.1. The van der Waals surface area contributed by atoms with Crippen molar-refractivity contribution in [2.75, 3.05) is 0 Å². The molecule has 1 N–H and O–H groups in total. The van der Waals surface area contributed by atoms with E-state index in [1.165, 1.54) is 6.92 Å². The van der Waals surface area contributed by atoms with Crippen LogP contribution in [0.5, 0.6) is 0 Å². The molecule has 0 aliphatic rings. The number of aliphatic carboxylic acids is 1. The highest BCUT2D eigenvalue weighted by atomic mass is 127. The number of rotatable bonds is 6. The summed E-state index contributed by atoms with van der Waals surface area (Å²) in [6.45, 7) is 8.56. The van der Waals surface area contributed by atoms with Crippen molar-refractivity contribution in [3.8, 4) is 0 Å². The highest BCUT2D eigenvalue weighted by Gasteiger charge is 2.46. The second-order valence-corrected chi connectivity index (χ2v) is 7.94. The maximum absolute atomic E-state index is 12.7. The number of esters is 1. The zero-order valence-electron chi connectivity index (χ0n) is 14.6. The van der Waals surface area contributed by atoms with Gasteiger partial charge in [-0.05, 0) is 73.9 Å². The summed E-state index contributed by atoms with van der Waals surface area (Å²) in [7, 11) is 0. The van der Waals surface area contributed by atoms with Crippen molar-refractivity contribution < 1.29 is 24.2 Å². The number of hydrogen-bond donors (Lipinski definition) is 1. The highest BCUT2D eigenvalue weighted by Crippen LogP contribution is 2.32. The maximum Gasteiger partial charge on any atom is 0.324 e. The lowest BCUT2D eigenvalue weighted by Gasteiger charge is -2.30. The number of carbonyl (C=O) groups is 3. The smallest absolute Gasteiger partial charge is 0.324 e. The summed E-state index contributed by atoms with van der Waals surface area (Å²) in [5.74, 6) is -2.69. The van der Waals surface area contributed by atoms with Gasteiger partial charge in [0.1, 0.15) is 17.4 Å². The fourth-order valence-electron chi connectivity index (χ4n) is 2.23. The molecule has 0 radical (unpaired) electrons. The number of aryl methyl sites for hydroxylation is 1. The van der Waals surface area contributed by atoms with Gasteiger partial charge in [-0.2, -0.15) is 0 Å². The molecule has 6 heteroatoms. The molecule has 0 spiro atoms. The van der Waals surface area contributed by atoms with Crippen LogP contribution in [-0.2, 0) is 31.0 Å². The maximum atomic E-state index is 12.7. The molecule has 1 aromatic carbocycles. The Kier molecular flexibility index (Phi) is 6.55. The average Bonchev–Trinajstić information content (AvgIpc) is 2.43. The predicted molar refractivity (Wildman–Crippen MR) is 99.0 cm³/mol. The van der Waals surface area contributed by atoms with E-state index in [9.17, 15) is 14.4 Å². The van der Waals surface area contributed by atoms with E-state index in [2.05, 4.69) is 22.6 Å². The van der Waals surface area contributed by atoms with Gasteiger partial charge in [-0.15, -0.1) is 0 Å². The van der Waals surface area contributed by atoms with Gasteiger partial charge in [-0.1, -0.05) is 19.1 Å². The quantitative estimate of drug-likeness (QED) is 0.411. The van der Waals surface area contributed by atoms with Crippen LogP contribution in [0.1, 0.15) is 52.2 Å². The SMILES string of the molecule is CCc1ccc(C(C)(C(=O)CC(=O)O)C(=O)OC(C)(C)C)cc1I. The topological polar surface area (TPSA) is 80.7 Å². The number of ether oxygens (including phenoxy) is 1. The first kappa shape index (κ1) is 20.6. The number of carbonyl (C=O) groups excluding carboxylic acids is 2. The normalized spacial score (nSPS) is 13.9. The van der Waals surface area contributed by atoms with Crippen LogP contribution in [0, 0.1) is 3.57 Å². The number of Topliss-reactive ketones (excluding diaryl/α,β-unsaturated/α-hetero) is 1. The monoisotopic (exact) mass is 446 g/mol. The number of carboxylic acids is 1. The molecule has 132 valence electrons. The van der Waals surface area contributed by atoms with Gasteiger partial charge in [0.2, 0.25) is 0 Å². The van der Waals surface area contributed by atoms with Crippen LogP contribution in [0.15, 0.2) is 18.2 Å². The van der Waals surface area contributed by atoms with E-state index in [1.54, 1.807) is 32.9 Å². The van der Waals surface area contributed by atoms with E-state index in [0.717, 1.165) is 15.6 Å². The largest absolute Gasteiger partial charge is 0.481 e. The van der Waals surface area contributed by atoms with Crippen LogP contribution in [0.4, 0.5) is 0 Å². The molecular formula is C18H23IO5. The van der Waals surface area contributed by atoms with Crippen LogP contribution in [0.3, 0.4) is 0 Å². The van der Waals surface area contributed by atoms with Crippen LogP contribution in [0.25, 0.3) is 0 Å². The van der Waals surface area contributed by atoms with Crippen molar-refractivity contribution in [2.45, 2.75) is 58.5 Å². The number of hydrogen-bond acceptors (Lipinski definition) is 4. The van der Waals surface area contributed by atoms with Crippen LogP contribution >= 0.6 is 22.6 Å². The first-order chi connectivity index (χ1) is 10.9. The minimum atomic E-state index is -1.65. The van der Waals surface area contributed by atoms with Crippen molar-refractivity contribution >= 4 is 40.3 Å². The summed E-state index contributed by atoms with van der Waals surface area (Å²) in [4.78, 5) is 36.3. The van der Waals surface area contributed by atoms with Gasteiger partial charge >= 0.3 is 11.9 Å². The Morgan fingerprint density at radius 1 is 1.17 bits per heavy atom. The van der Waals surface area contributed by atoms with Crippen molar-refractivity contribution in [3.63, 3.8) is 0 Å². The second-order valence-electron chi connectivity index (χ2n) is 6.78. The summed E-state index contributed by atoms with van der Waals surface area (Å²) < 4.78 is 6.32. The van der Waals surface area contributed by atoms with Crippen LogP contribution in [-0.4, -0.2) is 28.4 Å². The standard InChI is InChI=1S/C18H23IO5/c1-6-11-7-8-12(9-13(11)19)18(5,14(20)10-15(21)22)16(23)24-17(2,3)4/h7-9H,6,10H2,1-5H3,(H,21,22). The lowest BCUT2D eigenvalue weighted by molar-refractivity contribution is -0.164. The van der Waals surface area contributed by atoms with Crippen molar-refractivity contribution in [1.29, 1.82) is 0 Å². The zero-order chi connectivity index (χ0) is 18.7. The van der Waals surface area contributed by atoms with Gasteiger partial charge in [0.25, 0.3) is 0 Å². The van der Waals surface area contributed by atoms with Gasteiger partial charge in [0.05, 0.1) is 0 Å². The number of ketones is 1. The Balaban J connectivity index is 3.42. The molecule has 0 bridgehead atoms. The molecule has 0 saturated carbocycles. The minimum absolute atomic E-state index is 0.449. The minimum Gasteiger partial charge on any atom is -0.481 e. The van der Waals surface area contributed by atoms with Gasteiger partial charge in [0, 0.05) is 3.57 Å². The summed E-state index contributed by atoms with van der Waals surface area (Å²) in [6.07, 6.45) is 0.0899. The lowest BCUT2D eigenvalue weighted by Crippen LogP contribution is -2.45. The zero-order valence-corrected chi connectivity index (χ0v) is 16.8. The Labute approximate surface area is 155 Å². The Bertz CT molecular complexity index is 660. The lowest BCUT2D eigenvalue weighted by atomic mass is 9.77. The first-order valence-corrected chi connectivity index (χ1v) is 8.77. The number of benzene rings is 1. The van der Waals surface area contributed by atoms with E-state index in [-0.39, 0.29) is 0 Å². The number of halogens is 1. The van der Waals surface area contributed by atoms with E-state index in [1.807, 2.05) is 13.0 Å². The third kappa shape index (κ3) is 4.78. The van der Waals surface area contributed by atoms with E-state index in [4.69, 9.17) is 9.84 Å². The van der Waals surface area contributed by atoms with Crippen LogP contribution in [0.2, 0.25) is 0 Å². The molecule has 1 unspecified atom stereocenters. The van der Waals surface area contributed by atoms with Gasteiger partial charge in [0.15, 0.2) is 5.78 Å². The van der Waals surface area contributed by atoms with Crippen molar-refractivity contribution in [1.82, 2.24) is 0 Å². The Hall–Kier alpha value is -1.44. The average molecular weight is 446 g/mol. The van der Waals surface area contributed by atoms with Gasteiger partial charge in [-0.3, -0.25) is 14.4 Å². The molecule has 0 fully saturated rings. The summed E-state index contributed by atoms with van der Waals surface area (Å²) in [5, 5.41) is 8.97.